The Bertz CT molecular complexity index is 293. The molecule has 2 nitrogen and oxygen atoms in total. The van der Waals surface area contributed by atoms with Crippen LogP contribution < -0.4 is 5.32 Å². The molecule has 0 bridgehead atoms. The fraction of sp³-hybridized carbons (Fsp3) is 0.643. The Morgan fingerprint density at radius 1 is 1.50 bits per heavy atom. The van der Waals surface area contributed by atoms with Gasteiger partial charge in [0.2, 0.25) is 0 Å². The molecular formula is C14H22N2. The highest BCUT2D eigenvalue weighted by Gasteiger charge is 2.22. The lowest BCUT2D eigenvalue weighted by atomic mass is 10.0. The number of nitrogens with one attached hydrogen (secondary N) is 1. The first-order valence-corrected chi connectivity index (χ1v) is 6.53. The van der Waals surface area contributed by atoms with Gasteiger partial charge < -0.3 is 5.32 Å². The zero-order valence-corrected chi connectivity index (χ0v) is 10.2. The summed E-state index contributed by atoms with van der Waals surface area (Å²) in [6, 6.07) is 4.73. The molecule has 1 fully saturated rings. The van der Waals surface area contributed by atoms with Crippen molar-refractivity contribution in [1.82, 2.24) is 10.3 Å². The molecular weight excluding hydrogens is 196 g/mol. The zero-order valence-electron chi connectivity index (χ0n) is 10.2. The Labute approximate surface area is 98.5 Å². The predicted molar refractivity (Wildman–Crippen MR) is 67.2 cm³/mol. The van der Waals surface area contributed by atoms with Gasteiger partial charge in [-0.25, -0.2) is 0 Å². The molecule has 0 aromatic carbocycles. The predicted octanol–water partition coefficient (Wildman–Crippen LogP) is 3.31. The summed E-state index contributed by atoms with van der Waals surface area (Å²) >= 11 is 0. The molecule has 88 valence electrons. The summed E-state index contributed by atoms with van der Waals surface area (Å²) in [5.41, 5.74) is 1.34. The third-order valence-electron chi connectivity index (χ3n) is 3.29. The minimum atomic E-state index is 0.509. The molecule has 1 aromatic heterocycles. The highest BCUT2D eigenvalue weighted by atomic mass is 14.9. The Morgan fingerprint density at radius 3 is 3.00 bits per heavy atom. The van der Waals surface area contributed by atoms with Crippen molar-refractivity contribution in [2.75, 3.05) is 6.54 Å². The van der Waals surface area contributed by atoms with Crippen LogP contribution in [-0.2, 0) is 0 Å². The van der Waals surface area contributed by atoms with Gasteiger partial charge in [0, 0.05) is 18.4 Å². The Kier molecular flexibility index (Phi) is 4.34. The molecule has 0 saturated heterocycles. The summed E-state index contributed by atoms with van der Waals surface area (Å²) in [7, 11) is 0. The minimum absolute atomic E-state index is 0.509. The molecule has 1 aliphatic rings. The number of rotatable bonds is 7. The summed E-state index contributed by atoms with van der Waals surface area (Å²) in [4.78, 5) is 4.22. The molecule has 1 aromatic rings. The van der Waals surface area contributed by atoms with Crippen LogP contribution >= 0.6 is 0 Å². The lowest BCUT2D eigenvalue weighted by Gasteiger charge is -2.18. The van der Waals surface area contributed by atoms with Gasteiger partial charge >= 0.3 is 0 Å². The molecule has 0 spiro atoms. The quantitative estimate of drug-likeness (QED) is 0.759. The highest BCUT2D eigenvalue weighted by molar-refractivity contribution is 5.13. The minimum Gasteiger partial charge on any atom is -0.310 e. The molecule has 1 atom stereocenters. The van der Waals surface area contributed by atoms with Gasteiger partial charge in [-0.3, -0.25) is 4.98 Å². The highest BCUT2D eigenvalue weighted by Crippen LogP contribution is 2.35. The van der Waals surface area contributed by atoms with Crippen LogP contribution in [0.15, 0.2) is 24.5 Å². The molecule has 16 heavy (non-hydrogen) atoms. The summed E-state index contributed by atoms with van der Waals surface area (Å²) in [5.74, 6) is 1.02. The van der Waals surface area contributed by atoms with E-state index in [9.17, 15) is 0 Å². The first kappa shape index (κ1) is 11.6. The topological polar surface area (TPSA) is 24.9 Å². The molecule has 1 aliphatic carbocycles. The summed E-state index contributed by atoms with van der Waals surface area (Å²) < 4.78 is 0. The van der Waals surface area contributed by atoms with Gasteiger partial charge in [0.25, 0.3) is 0 Å². The number of hydrogen-bond acceptors (Lipinski definition) is 2. The fourth-order valence-corrected chi connectivity index (χ4v) is 2.10. The van der Waals surface area contributed by atoms with E-state index in [1.807, 2.05) is 18.5 Å². The number of aromatic nitrogens is 1. The van der Waals surface area contributed by atoms with Crippen LogP contribution in [0.5, 0.6) is 0 Å². The van der Waals surface area contributed by atoms with Gasteiger partial charge in [-0.2, -0.15) is 0 Å². The van der Waals surface area contributed by atoms with E-state index in [0.29, 0.717) is 6.04 Å². The van der Waals surface area contributed by atoms with E-state index in [0.717, 1.165) is 12.5 Å². The lowest BCUT2D eigenvalue weighted by molar-refractivity contribution is 0.469. The molecule has 1 heterocycles. The maximum Gasteiger partial charge on any atom is 0.0335 e. The smallest absolute Gasteiger partial charge is 0.0335 e. The van der Waals surface area contributed by atoms with E-state index in [4.69, 9.17) is 0 Å². The van der Waals surface area contributed by atoms with Gasteiger partial charge in [-0.05, 0) is 43.4 Å². The molecule has 2 heteroatoms. The van der Waals surface area contributed by atoms with Crippen LogP contribution in [0.25, 0.3) is 0 Å². The molecule has 2 rings (SSSR count). The van der Waals surface area contributed by atoms with Crippen molar-refractivity contribution in [3.63, 3.8) is 0 Å². The van der Waals surface area contributed by atoms with E-state index in [1.54, 1.807) is 0 Å². The fourth-order valence-electron chi connectivity index (χ4n) is 2.10. The Morgan fingerprint density at radius 2 is 2.38 bits per heavy atom. The SMILES string of the molecule is CCCNC(CCC1CC1)c1cccnc1. The summed E-state index contributed by atoms with van der Waals surface area (Å²) in [6.45, 7) is 3.32. The molecule has 1 saturated carbocycles. The van der Waals surface area contributed by atoms with E-state index < -0.39 is 0 Å². The zero-order chi connectivity index (χ0) is 11.2. The monoisotopic (exact) mass is 218 g/mol. The van der Waals surface area contributed by atoms with Crippen molar-refractivity contribution < 1.29 is 0 Å². The lowest BCUT2D eigenvalue weighted by Crippen LogP contribution is -2.22. The van der Waals surface area contributed by atoms with Crippen LogP contribution in [0, 0.1) is 5.92 Å². The van der Waals surface area contributed by atoms with Crippen molar-refractivity contribution in [2.24, 2.45) is 5.92 Å². The molecule has 0 radical (unpaired) electrons. The number of hydrogen-bond donors (Lipinski definition) is 1. The van der Waals surface area contributed by atoms with E-state index in [-0.39, 0.29) is 0 Å². The van der Waals surface area contributed by atoms with Crippen molar-refractivity contribution in [3.8, 4) is 0 Å². The summed E-state index contributed by atoms with van der Waals surface area (Å²) in [5, 5.41) is 3.63. The number of pyridine rings is 1. The van der Waals surface area contributed by atoms with Crippen LogP contribution in [-0.4, -0.2) is 11.5 Å². The van der Waals surface area contributed by atoms with Crippen LogP contribution in [0.4, 0.5) is 0 Å². The average molecular weight is 218 g/mol. The molecule has 0 amide bonds. The molecule has 1 N–H and O–H groups in total. The first-order chi connectivity index (χ1) is 7.90. The second kappa shape index (κ2) is 6.00. The van der Waals surface area contributed by atoms with Crippen molar-refractivity contribution in [2.45, 2.75) is 45.1 Å². The van der Waals surface area contributed by atoms with E-state index in [1.165, 1.54) is 37.7 Å². The van der Waals surface area contributed by atoms with Gasteiger partial charge in [0.05, 0.1) is 0 Å². The second-order valence-electron chi connectivity index (χ2n) is 4.81. The van der Waals surface area contributed by atoms with E-state index >= 15 is 0 Å². The molecule has 1 unspecified atom stereocenters. The summed E-state index contributed by atoms with van der Waals surface area (Å²) in [6.07, 6.45) is 10.6. The van der Waals surface area contributed by atoms with Crippen LogP contribution in [0.3, 0.4) is 0 Å². The van der Waals surface area contributed by atoms with Gasteiger partial charge in [-0.1, -0.05) is 25.8 Å². The average Bonchev–Trinajstić information content (AvgIpc) is 3.14. The Balaban J connectivity index is 1.89. The van der Waals surface area contributed by atoms with Crippen molar-refractivity contribution in [3.05, 3.63) is 30.1 Å². The van der Waals surface area contributed by atoms with Crippen molar-refractivity contribution in [1.29, 1.82) is 0 Å². The standard InChI is InChI=1S/C14H22N2/c1-2-9-16-14(8-7-12-5-6-12)13-4-3-10-15-11-13/h3-4,10-12,14,16H,2,5-9H2,1H3. The van der Waals surface area contributed by atoms with Crippen LogP contribution in [0.2, 0.25) is 0 Å². The number of nitrogens with zero attached hydrogens (tertiary/aromatic N) is 1. The van der Waals surface area contributed by atoms with Gasteiger partial charge in [0.15, 0.2) is 0 Å². The first-order valence-electron chi connectivity index (χ1n) is 6.53. The van der Waals surface area contributed by atoms with Crippen molar-refractivity contribution >= 4 is 0 Å². The largest absolute Gasteiger partial charge is 0.310 e. The maximum atomic E-state index is 4.22. The van der Waals surface area contributed by atoms with Gasteiger partial charge in [-0.15, -0.1) is 0 Å². The third kappa shape index (κ3) is 3.60. The normalized spacial score (nSPS) is 17.3. The maximum absolute atomic E-state index is 4.22. The van der Waals surface area contributed by atoms with Gasteiger partial charge in [0.1, 0.15) is 0 Å². The Hall–Kier alpha value is -0.890. The second-order valence-corrected chi connectivity index (χ2v) is 4.81. The molecule has 0 aliphatic heterocycles. The third-order valence-corrected chi connectivity index (χ3v) is 3.29. The van der Waals surface area contributed by atoms with Crippen LogP contribution in [0.1, 0.15) is 50.6 Å². The van der Waals surface area contributed by atoms with E-state index in [2.05, 4.69) is 23.3 Å².